The molecule has 0 aliphatic heterocycles. The van der Waals surface area contributed by atoms with E-state index in [1.165, 1.54) is 0 Å². The van der Waals surface area contributed by atoms with Gasteiger partial charge in [0.1, 0.15) is 5.75 Å². The lowest BCUT2D eigenvalue weighted by Gasteiger charge is -2.28. The van der Waals surface area contributed by atoms with Crippen molar-refractivity contribution < 1.29 is 14.6 Å². The second kappa shape index (κ2) is 5.97. The van der Waals surface area contributed by atoms with Gasteiger partial charge in [-0.3, -0.25) is 4.79 Å². The molecule has 4 nitrogen and oxygen atoms in total. The number of para-hydroxylation sites is 1. The van der Waals surface area contributed by atoms with Gasteiger partial charge in [0.05, 0.1) is 6.10 Å². The highest BCUT2D eigenvalue weighted by Gasteiger charge is 2.40. The fourth-order valence-corrected chi connectivity index (χ4v) is 2.23. The van der Waals surface area contributed by atoms with E-state index in [4.69, 9.17) is 10.5 Å². The quantitative estimate of drug-likeness (QED) is 0.884. The third-order valence-electron chi connectivity index (χ3n) is 3.19. The number of nitrogens with two attached hydrogens (primary N) is 1. The van der Waals surface area contributed by atoms with Crippen molar-refractivity contribution in [3.63, 3.8) is 0 Å². The standard InChI is InChI=1S/C17H19NO3/c1-12(2)21-15-11-7-6-10-14(15)17(20,16(18)19)13-8-4-3-5-9-13/h3-12,20H,1-2H3,(H2,18,19). The van der Waals surface area contributed by atoms with E-state index in [1.807, 2.05) is 13.8 Å². The Hall–Kier alpha value is -2.33. The van der Waals surface area contributed by atoms with Crippen LogP contribution in [0.3, 0.4) is 0 Å². The van der Waals surface area contributed by atoms with E-state index in [2.05, 4.69) is 0 Å². The molecule has 1 unspecified atom stereocenters. The van der Waals surface area contributed by atoms with Crippen LogP contribution in [-0.2, 0) is 10.4 Å². The highest BCUT2D eigenvalue weighted by Crippen LogP contribution is 2.35. The average Bonchev–Trinajstić information content (AvgIpc) is 2.47. The van der Waals surface area contributed by atoms with Crippen LogP contribution in [0.2, 0.25) is 0 Å². The van der Waals surface area contributed by atoms with E-state index in [9.17, 15) is 9.90 Å². The minimum Gasteiger partial charge on any atom is -0.491 e. The normalized spacial score (nSPS) is 13.7. The third kappa shape index (κ3) is 2.90. The molecule has 0 radical (unpaired) electrons. The summed E-state index contributed by atoms with van der Waals surface area (Å²) in [5.74, 6) is -0.397. The number of primary amides is 1. The Morgan fingerprint density at radius 3 is 2.24 bits per heavy atom. The molecule has 110 valence electrons. The van der Waals surface area contributed by atoms with E-state index >= 15 is 0 Å². The number of benzene rings is 2. The van der Waals surface area contributed by atoms with Gasteiger partial charge in [-0.1, -0.05) is 48.5 Å². The van der Waals surface area contributed by atoms with Gasteiger partial charge >= 0.3 is 0 Å². The lowest BCUT2D eigenvalue weighted by atomic mass is 9.85. The average molecular weight is 285 g/mol. The SMILES string of the molecule is CC(C)Oc1ccccc1C(O)(C(N)=O)c1ccccc1. The van der Waals surface area contributed by atoms with E-state index in [0.29, 0.717) is 16.9 Å². The second-order valence-corrected chi connectivity index (χ2v) is 5.10. The zero-order chi connectivity index (χ0) is 15.5. The Bertz CT molecular complexity index is 625. The van der Waals surface area contributed by atoms with Gasteiger partial charge in [0, 0.05) is 5.56 Å². The number of hydrogen-bond acceptors (Lipinski definition) is 3. The maximum Gasteiger partial charge on any atom is 0.258 e. The van der Waals surface area contributed by atoms with Crippen LogP contribution in [0, 0.1) is 0 Å². The van der Waals surface area contributed by atoms with Crippen LogP contribution in [0.4, 0.5) is 0 Å². The lowest BCUT2D eigenvalue weighted by molar-refractivity contribution is -0.133. The molecule has 21 heavy (non-hydrogen) atoms. The van der Waals surface area contributed by atoms with Crippen LogP contribution in [0.1, 0.15) is 25.0 Å². The largest absolute Gasteiger partial charge is 0.491 e. The van der Waals surface area contributed by atoms with Crippen LogP contribution in [0.25, 0.3) is 0 Å². The second-order valence-electron chi connectivity index (χ2n) is 5.10. The fraction of sp³-hybridized carbons (Fsp3) is 0.235. The molecule has 0 saturated heterocycles. The van der Waals surface area contributed by atoms with Crippen molar-refractivity contribution in [2.24, 2.45) is 5.73 Å². The molecule has 2 aromatic rings. The molecule has 2 aromatic carbocycles. The minimum atomic E-state index is -1.92. The van der Waals surface area contributed by atoms with Crippen molar-refractivity contribution in [2.75, 3.05) is 0 Å². The molecule has 0 heterocycles. The Balaban J connectivity index is 2.62. The van der Waals surface area contributed by atoms with Crippen LogP contribution < -0.4 is 10.5 Å². The number of carbonyl (C=O) groups excluding carboxylic acids is 1. The first-order chi connectivity index (χ1) is 9.96. The molecule has 2 rings (SSSR count). The van der Waals surface area contributed by atoms with Gasteiger partial charge in [0.2, 0.25) is 0 Å². The summed E-state index contributed by atoms with van der Waals surface area (Å²) in [5, 5.41) is 11.0. The predicted molar refractivity (Wildman–Crippen MR) is 80.8 cm³/mol. The van der Waals surface area contributed by atoms with Crippen LogP contribution >= 0.6 is 0 Å². The monoisotopic (exact) mass is 285 g/mol. The maximum atomic E-state index is 12.0. The summed E-state index contributed by atoms with van der Waals surface area (Å²) in [6.45, 7) is 3.76. The summed E-state index contributed by atoms with van der Waals surface area (Å²) in [6.07, 6.45) is -0.0842. The molecule has 4 heteroatoms. The summed E-state index contributed by atoms with van der Waals surface area (Å²) in [5.41, 5.74) is 4.33. The highest BCUT2D eigenvalue weighted by molar-refractivity contribution is 5.89. The number of carbonyl (C=O) groups is 1. The lowest BCUT2D eigenvalue weighted by Crippen LogP contribution is -2.42. The van der Waals surface area contributed by atoms with Crippen molar-refractivity contribution in [3.8, 4) is 5.75 Å². The molecular weight excluding hydrogens is 266 g/mol. The Morgan fingerprint density at radius 2 is 1.67 bits per heavy atom. The summed E-state index contributed by atoms with van der Waals surface area (Å²) < 4.78 is 5.70. The topological polar surface area (TPSA) is 72.6 Å². The number of hydrogen-bond donors (Lipinski definition) is 2. The van der Waals surface area contributed by atoms with E-state index in [1.54, 1.807) is 54.6 Å². The number of ether oxygens (including phenoxy) is 1. The molecule has 0 aliphatic carbocycles. The van der Waals surface area contributed by atoms with E-state index in [-0.39, 0.29) is 6.10 Å². The zero-order valence-corrected chi connectivity index (χ0v) is 12.1. The minimum absolute atomic E-state index is 0.0842. The first-order valence-corrected chi connectivity index (χ1v) is 6.80. The Labute approximate surface area is 124 Å². The van der Waals surface area contributed by atoms with Crippen LogP contribution in [-0.4, -0.2) is 17.1 Å². The summed E-state index contributed by atoms with van der Waals surface area (Å²) in [7, 11) is 0. The molecule has 3 N–H and O–H groups in total. The molecule has 0 fully saturated rings. The van der Waals surface area contributed by atoms with Gasteiger partial charge in [-0.15, -0.1) is 0 Å². The third-order valence-corrected chi connectivity index (χ3v) is 3.19. The van der Waals surface area contributed by atoms with Gasteiger partial charge in [-0.05, 0) is 25.5 Å². The molecule has 1 amide bonds. The van der Waals surface area contributed by atoms with Gasteiger partial charge in [-0.25, -0.2) is 0 Å². The van der Waals surface area contributed by atoms with Crippen molar-refractivity contribution in [1.29, 1.82) is 0 Å². The van der Waals surface area contributed by atoms with Crippen LogP contribution in [0.5, 0.6) is 5.75 Å². The molecule has 0 bridgehead atoms. The summed E-state index contributed by atoms with van der Waals surface area (Å²) in [4.78, 5) is 12.0. The molecule has 0 spiro atoms. The van der Waals surface area contributed by atoms with Crippen molar-refractivity contribution >= 4 is 5.91 Å². The van der Waals surface area contributed by atoms with Gasteiger partial charge < -0.3 is 15.6 Å². The smallest absolute Gasteiger partial charge is 0.258 e. The van der Waals surface area contributed by atoms with Crippen molar-refractivity contribution in [2.45, 2.75) is 25.6 Å². The molecule has 0 aliphatic rings. The van der Waals surface area contributed by atoms with Gasteiger partial charge in [-0.2, -0.15) is 0 Å². The number of rotatable bonds is 5. The molecule has 1 atom stereocenters. The summed E-state index contributed by atoms with van der Waals surface area (Å²) in [6, 6.07) is 15.5. The number of amides is 1. The van der Waals surface area contributed by atoms with Gasteiger partial charge in [0.15, 0.2) is 5.60 Å². The molecular formula is C17H19NO3. The van der Waals surface area contributed by atoms with E-state index < -0.39 is 11.5 Å². The Kier molecular flexibility index (Phi) is 4.29. The molecule has 0 saturated carbocycles. The summed E-state index contributed by atoms with van der Waals surface area (Å²) >= 11 is 0. The molecule has 0 aromatic heterocycles. The van der Waals surface area contributed by atoms with Crippen LogP contribution in [0.15, 0.2) is 54.6 Å². The van der Waals surface area contributed by atoms with Gasteiger partial charge in [0.25, 0.3) is 5.91 Å². The Morgan fingerprint density at radius 1 is 1.10 bits per heavy atom. The predicted octanol–water partition coefficient (Wildman–Crippen LogP) is 2.20. The van der Waals surface area contributed by atoms with Crippen molar-refractivity contribution in [1.82, 2.24) is 0 Å². The maximum absolute atomic E-state index is 12.0. The van der Waals surface area contributed by atoms with E-state index in [0.717, 1.165) is 0 Å². The highest BCUT2D eigenvalue weighted by atomic mass is 16.5. The zero-order valence-electron chi connectivity index (χ0n) is 12.1. The van der Waals surface area contributed by atoms with Crippen molar-refractivity contribution in [3.05, 3.63) is 65.7 Å². The first kappa shape index (κ1) is 15.1. The first-order valence-electron chi connectivity index (χ1n) is 6.80. The number of aliphatic hydroxyl groups is 1. The fourth-order valence-electron chi connectivity index (χ4n) is 2.23.